The number of hydrogen-bond donors (Lipinski definition) is 4. The van der Waals surface area contributed by atoms with E-state index in [9.17, 15) is 14.3 Å². The fourth-order valence-electron chi connectivity index (χ4n) is 5.52. The van der Waals surface area contributed by atoms with Crippen LogP contribution in [-0.2, 0) is 18.8 Å². The minimum Gasteiger partial charge on any atom is -0.461 e. The number of carbonyl (C=O) groups is 1. The van der Waals surface area contributed by atoms with Crippen molar-refractivity contribution in [2.24, 2.45) is 0 Å². The molecule has 1 saturated heterocycles. The summed E-state index contributed by atoms with van der Waals surface area (Å²) in [5, 5.41) is 16.0. The van der Waals surface area contributed by atoms with Crippen LogP contribution in [-0.4, -0.2) is 67.2 Å². The molecule has 5 N–H and O–H groups in total. The van der Waals surface area contributed by atoms with Crippen LogP contribution in [0.2, 0.25) is 0 Å². The average molecular weight is 602 g/mol. The van der Waals surface area contributed by atoms with Gasteiger partial charge in [-0.25, -0.2) is 10.1 Å². The topological polar surface area (TPSA) is 176 Å². The summed E-state index contributed by atoms with van der Waals surface area (Å²) < 4.78 is 42.4. The highest BCUT2D eigenvalue weighted by atomic mass is 31.2. The zero-order valence-electron chi connectivity index (χ0n) is 23.0. The smallest absolute Gasteiger partial charge is 0.323 e. The second-order valence-electron chi connectivity index (χ2n) is 10.4. The maximum Gasteiger partial charge on any atom is 0.323 e. The largest absolute Gasteiger partial charge is 0.461 e. The lowest BCUT2D eigenvalue weighted by Crippen LogP contribution is -2.51. The monoisotopic (exact) mass is 601 g/mol. The third-order valence-electron chi connectivity index (χ3n) is 7.62. The SMILES string of the molecule is C#C[C@]1(CO)OCC(n2cnc3c(N)nc(F)nc32)[C@@H]1P(=O)(NOc1ccccc1)N[C@@H](C)C(=O)OC1CCCCC1. The second-order valence-corrected chi connectivity index (χ2v) is 12.7. The van der Waals surface area contributed by atoms with E-state index in [0.717, 1.165) is 32.1 Å². The number of nitrogens with zero attached hydrogens (tertiary/aromatic N) is 4. The molecule has 0 amide bonds. The molecule has 5 atom stereocenters. The van der Waals surface area contributed by atoms with Gasteiger partial charge < -0.3 is 29.7 Å². The summed E-state index contributed by atoms with van der Waals surface area (Å²) in [7, 11) is -4.22. The highest BCUT2D eigenvalue weighted by molar-refractivity contribution is 7.60. The normalized spacial score (nSPS) is 25.0. The molecule has 2 fully saturated rings. The number of anilines is 1. The Morgan fingerprint density at radius 1 is 1.33 bits per heavy atom. The Morgan fingerprint density at radius 3 is 2.76 bits per heavy atom. The van der Waals surface area contributed by atoms with E-state index in [0.29, 0.717) is 5.75 Å². The number of halogens is 1. The number of rotatable bonds is 10. The summed E-state index contributed by atoms with van der Waals surface area (Å²) in [6.45, 7) is 0.605. The van der Waals surface area contributed by atoms with Crippen LogP contribution < -0.4 is 20.9 Å². The third kappa shape index (κ3) is 5.84. The van der Waals surface area contributed by atoms with Crippen molar-refractivity contribution in [2.75, 3.05) is 18.9 Å². The first-order valence-corrected chi connectivity index (χ1v) is 15.4. The second kappa shape index (κ2) is 12.3. The summed E-state index contributed by atoms with van der Waals surface area (Å²) in [5.41, 5.74) is 2.87. The summed E-state index contributed by atoms with van der Waals surface area (Å²) in [6.07, 6.45) is 10.4. The first-order valence-electron chi connectivity index (χ1n) is 13.6. The Labute approximate surface area is 241 Å². The molecular formula is C27H33FN7O6P. The van der Waals surface area contributed by atoms with E-state index >= 15 is 4.57 Å². The van der Waals surface area contributed by atoms with Gasteiger partial charge in [0.15, 0.2) is 17.1 Å². The van der Waals surface area contributed by atoms with Gasteiger partial charge in [0.25, 0.3) is 7.44 Å². The van der Waals surface area contributed by atoms with E-state index in [1.807, 2.05) is 0 Å². The van der Waals surface area contributed by atoms with Crippen LogP contribution in [0.5, 0.6) is 5.75 Å². The predicted octanol–water partition coefficient (Wildman–Crippen LogP) is 2.48. The Morgan fingerprint density at radius 2 is 2.07 bits per heavy atom. The van der Waals surface area contributed by atoms with Crippen molar-refractivity contribution in [3.8, 4) is 18.1 Å². The van der Waals surface area contributed by atoms with Crippen LogP contribution in [0.4, 0.5) is 10.2 Å². The fraction of sp³-hybridized carbons (Fsp3) is 0.481. The molecule has 224 valence electrons. The van der Waals surface area contributed by atoms with Crippen LogP contribution in [0.1, 0.15) is 45.1 Å². The molecule has 5 rings (SSSR count). The van der Waals surface area contributed by atoms with Crippen LogP contribution in [0, 0.1) is 18.4 Å². The highest BCUT2D eigenvalue weighted by Crippen LogP contribution is 2.57. The van der Waals surface area contributed by atoms with Crippen molar-refractivity contribution in [2.45, 2.75) is 68.5 Å². The van der Waals surface area contributed by atoms with Gasteiger partial charge in [0, 0.05) is 0 Å². The number of carbonyl (C=O) groups excluding carboxylic acids is 1. The first-order chi connectivity index (χ1) is 20.2. The van der Waals surface area contributed by atoms with Gasteiger partial charge >= 0.3 is 12.0 Å². The molecule has 1 saturated carbocycles. The number of aliphatic hydroxyl groups excluding tert-OH is 1. The predicted molar refractivity (Wildman–Crippen MR) is 150 cm³/mol. The van der Waals surface area contributed by atoms with Crippen molar-refractivity contribution in [3.05, 3.63) is 42.7 Å². The molecule has 2 aromatic heterocycles. The van der Waals surface area contributed by atoms with E-state index in [1.54, 1.807) is 30.3 Å². The van der Waals surface area contributed by atoms with E-state index in [-0.39, 0.29) is 29.7 Å². The number of imidazole rings is 1. The lowest BCUT2D eigenvalue weighted by atomic mass is 9.98. The molecule has 3 heterocycles. The number of para-hydroxylation sites is 1. The molecule has 2 unspecified atom stereocenters. The number of esters is 1. The average Bonchev–Trinajstić information content (AvgIpc) is 3.59. The summed E-state index contributed by atoms with van der Waals surface area (Å²) in [5.74, 6) is 1.97. The maximum atomic E-state index is 15.1. The number of hydrogen-bond acceptors (Lipinski definition) is 10. The number of nitrogens with one attached hydrogen (secondary N) is 2. The number of fused-ring (bicyclic) bond motifs is 1. The minimum atomic E-state index is -4.22. The Bertz CT molecular complexity index is 1510. The number of aliphatic hydroxyl groups is 1. The molecule has 0 bridgehead atoms. The van der Waals surface area contributed by atoms with Crippen LogP contribution in [0.3, 0.4) is 0 Å². The van der Waals surface area contributed by atoms with Crippen LogP contribution in [0.25, 0.3) is 11.2 Å². The molecule has 3 aromatic rings. The van der Waals surface area contributed by atoms with Gasteiger partial charge in [-0.15, -0.1) is 6.42 Å². The molecule has 1 aromatic carbocycles. The van der Waals surface area contributed by atoms with Crippen molar-refractivity contribution in [1.29, 1.82) is 0 Å². The van der Waals surface area contributed by atoms with Gasteiger partial charge in [-0.1, -0.05) is 35.8 Å². The Hall–Kier alpha value is -3.60. The quantitative estimate of drug-likeness (QED) is 0.0880. The fourth-order valence-corrected chi connectivity index (χ4v) is 8.30. The summed E-state index contributed by atoms with van der Waals surface area (Å²) in [6, 6.07) is 6.45. The van der Waals surface area contributed by atoms with Crippen LogP contribution >= 0.6 is 7.44 Å². The van der Waals surface area contributed by atoms with Gasteiger partial charge in [0.2, 0.25) is 0 Å². The van der Waals surface area contributed by atoms with E-state index in [2.05, 4.69) is 31.2 Å². The number of nitrogens with two attached hydrogens (primary N) is 1. The molecule has 1 aliphatic carbocycles. The number of aromatic nitrogens is 4. The van der Waals surface area contributed by atoms with Crippen LogP contribution in [0.15, 0.2) is 36.7 Å². The van der Waals surface area contributed by atoms with Crippen molar-refractivity contribution in [1.82, 2.24) is 29.9 Å². The summed E-state index contributed by atoms with van der Waals surface area (Å²) >= 11 is 0. The summed E-state index contributed by atoms with van der Waals surface area (Å²) in [4.78, 5) is 30.4. The zero-order chi connectivity index (χ0) is 29.9. The van der Waals surface area contributed by atoms with Crippen molar-refractivity contribution >= 4 is 30.4 Å². The molecule has 15 heteroatoms. The Kier molecular flexibility index (Phi) is 8.77. The molecule has 0 spiro atoms. The van der Waals surface area contributed by atoms with Gasteiger partial charge in [0.05, 0.1) is 25.6 Å². The minimum absolute atomic E-state index is 0.00430. The van der Waals surface area contributed by atoms with Gasteiger partial charge in [-0.05, 0) is 44.7 Å². The number of ether oxygens (including phenoxy) is 2. The van der Waals surface area contributed by atoms with E-state index < -0.39 is 49.4 Å². The third-order valence-corrected chi connectivity index (χ3v) is 10.3. The molecule has 0 radical (unpaired) electrons. The van der Waals surface area contributed by atoms with E-state index in [4.69, 9.17) is 26.5 Å². The van der Waals surface area contributed by atoms with Gasteiger partial charge in [-0.2, -0.15) is 14.4 Å². The zero-order valence-corrected chi connectivity index (χ0v) is 23.9. The number of terminal acetylenes is 1. The van der Waals surface area contributed by atoms with E-state index in [1.165, 1.54) is 17.8 Å². The van der Waals surface area contributed by atoms with Gasteiger partial charge in [-0.3, -0.25) is 9.36 Å². The van der Waals surface area contributed by atoms with Crippen molar-refractivity contribution in [3.63, 3.8) is 0 Å². The molecule has 13 nitrogen and oxygen atoms in total. The lowest BCUT2D eigenvalue weighted by Gasteiger charge is -2.37. The maximum absolute atomic E-state index is 15.1. The standard InChI is InChI=1S/C27H33FN7O6P/c1-3-27(15-36)22(20(14-39-27)35-16-30-21-23(29)31-26(28)32-24(21)35)42(38,34-41-19-12-8-5-9-13-19)33-17(2)25(37)40-18-10-6-4-7-11-18/h1,5,8-9,12-13,16-18,20,22,36H,4,6-7,10-11,14-15H2,2H3,(H2,29,31,32)(H2,33,34,38)/t17-,20?,22-,27+,42?/m0/s1. The molecular weight excluding hydrogens is 568 g/mol. The first kappa shape index (κ1) is 29.9. The molecule has 1 aliphatic heterocycles. The Balaban J connectivity index is 1.54. The molecule has 2 aliphatic rings. The lowest BCUT2D eigenvalue weighted by molar-refractivity contribution is -0.152. The number of benzene rings is 1. The molecule has 42 heavy (non-hydrogen) atoms. The highest BCUT2D eigenvalue weighted by Gasteiger charge is 2.60. The number of nitrogen functional groups attached to an aromatic ring is 1. The van der Waals surface area contributed by atoms with Crippen molar-refractivity contribution < 1.29 is 33.2 Å². The van der Waals surface area contributed by atoms with Gasteiger partial charge in [0.1, 0.15) is 29.1 Å².